The third-order valence-electron chi connectivity index (χ3n) is 2.05. The normalized spacial score (nSPS) is 23.6. The van der Waals surface area contributed by atoms with E-state index in [0.29, 0.717) is 18.7 Å². The highest BCUT2D eigenvalue weighted by Gasteiger charge is 2.37. The van der Waals surface area contributed by atoms with Crippen molar-refractivity contribution in [2.75, 3.05) is 0 Å². The van der Waals surface area contributed by atoms with E-state index >= 15 is 0 Å². The molecule has 0 aliphatic carbocycles. The molecule has 1 fully saturated rings. The summed E-state index contributed by atoms with van der Waals surface area (Å²) >= 11 is 0. The minimum absolute atomic E-state index is 0.344. The van der Waals surface area contributed by atoms with Crippen molar-refractivity contribution in [1.82, 2.24) is 4.90 Å². The molecular weight excluding hydrogens is 184 g/mol. The first kappa shape index (κ1) is 10.3. The van der Waals surface area contributed by atoms with E-state index in [-0.39, 0.29) is 5.91 Å². The average molecular weight is 194 g/mol. The van der Waals surface area contributed by atoms with E-state index in [0.717, 1.165) is 4.90 Å². The third kappa shape index (κ3) is 1.74. The molecule has 0 unspecified atom stereocenters. The molecule has 5 nitrogen and oxygen atoms in total. The van der Waals surface area contributed by atoms with Crippen LogP contribution in [0.3, 0.4) is 0 Å². The Hall–Kier alpha value is -1.83. The highest BCUT2D eigenvalue weighted by atomic mass is 16.4. The first-order valence-corrected chi connectivity index (χ1v) is 4.12. The maximum absolute atomic E-state index is 11.2. The Morgan fingerprint density at radius 2 is 2.36 bits per heavy atom. The number of nitrogens with zero attached hydrogens (tertiary/aromatic N) is 2. The van der Waals surface area contributed by atoms with Crippen molar-refractivity contribution in [3.63, 3.8) is 0 Å². The first-order chi connectivity index (χ1) is 6.57. The zero-order valence-corrected chi connectivity index (χ0v) is 7.73. The number of carboxylic acid groups (broad SMARTS) is 1. The topological polar surface area (TPSA) is 70.0 Å². The van der Waals surface area contributed by atoms with Crippen molar-refractivity contribution in [3.05, 3.63) is 0 Å². The zero-order chi connectivity index (χ0) is 10.7. The number of terminal acetylenes is 1. The summed E-state index contributed by atoms with van der Waals surface area (Å²) in [6.07, 6.45) is 5.77. The number of rotatable bonds is 1. The van der Waals surface area contributed by atoms with Crippen LogP contribution in [0, 0.1) is 12.5 Å². The molecule has 1 aliphatic heterocycles. The lowest BCUT2D eigenvalue weighted by Crippen LogP contribution is -2.41. The summed E-state index contributed by atoms with van der Waals surface area (Å²) in [5.74, 6) is -1.00. The molecule has 0 radical (unpaired) electrons. The van der Waals surface area contributed by atoms with E-state index < -0.39 is 12.0 Å². The van der Waals surface area contributed by atoms with Crippen molar-refractivity contribution in [1.29, 1.82) is 0 Å². The maximum atomic E-state index is 11.2. The summed E-state index contributed by atoms with van der Waals surface area (Å²) in [6, 6.07) is 1.24. The van der Waals surface area contributed by atoms with Gasteiger partial charge >= 0.3 is 5.97 Å². The SMILES string of the molecule is C#C/N=C1/CC[C@@H](C(=O)O)N1C(C)=O. The Labute approximate surface area is 81.4 Å². The lowest BCUT2D eigenvalue weighted by atomic mass is 10.2. The Kier molecular flexibility index (Phi) is 2.87. The van der Waals surface area contributed by atoms with Crippen LogP contribution in [0.15, 0.2) is 4.99 Å². The fourth-order valence-electron chi connectivity index (χ4n) is 1.51. The summed E-state index contributed by atoms with van der Waals surface area (Å²) in [5.41, 5.74) is 0. The molecule has 0 spiro atoms. The zero-order valence-electron chi connectivity index (χ0n) is 7.73. The average Bonchev–Trinajstić information content (AvgIpc) is 2.48. The summed E-state index contributed by atoms with van der Waals surface area (Å²) in [4.78, 5) is 26.7. The van der Waals surface area contributed by atoms with E-state index in [1.54, 1.807) is 0 Å². The molecular formula is C9H10N2O3. The molecule has 1 rings (SSSR count). The Morgan fingerprint density at radius 1 is 1.71 bits per heavy atom. The van der Waals surface area contributed by atoms with Gasteiger partial charge in [0, 0.05) is 19.4 Å². The van der Waals surface area contributed by atoms with Gasteiger partial charge in [0.25, 0.3) is 0 Å². The highest BCUT2D eigenvalue weighted by molar-refractivity contribution is 6.03. The summed E-state index contributed by atoms with van der Waals surface area (Å²) in [7, 11) is 0. The lowest BCUT2D eigenvalue weighted by Gasteiger charge is -2.19. The molecule has 0 aromatic carbocycles. The molecule has 1 heterocycles. The van der Waals surface area contributed by atoms with Crippen LogP contribution >= 0.6 is 0 Å². The Morgan fingerprint density at radius 3 is 2.79 bits per heavy atom. The van der Waals surface area contributed by atoms with Crippen LogP contribution in [-0.2, 0) is 9.59 Å². The minimum Gasteiger partial charge on any atom is -0.480 e. The number of hydrogen-bond donors (Lipinski definition) is 1. The minimum atomic E-state index is -1.03. The number of carbonyl (C=O) groups excluding carboxylic acids is 1. The summed E-state index contributed by atoms with van der Waals surface area (Å²) in [5, 5.41) is 8.82. The van der Waals surface area contributed by atoms with Gasteiger partial charge in [-0.05, 0) is 6.42 Å². The van der Waals surface area contributed by atoms with E-state index in [1.165, 1.54) is 6.92 Å². The predicted octanol–water partition coefficient (Wildman–Crippen LogP) is 0.0711. The molecule has 0 bridgehead atoms. The Balaban J connectivity index is 2.98. The van der Waals surface area contributed by atoms with Crippen molar-refractivity contribution < 1.29 is 14.7 Å². The second kappa shape index (κ2) is 3.92. The highest BCUT2D eigenvalue weighted by Crippen LogP contribution is 2.20. The van der Waals surface area contributed by atoms with Gasteiger partial charge in [0.15, 0.2) is 0 Å². The predicted molar refractivity (Wildman–Crippen MR) is 49.4 cm³/mol. The largest absolute Gasteiger partial charge is 0.480 e. The van der Waals surface area contributed by atoms with Crippen LogP contribution < -0.4 is 0 Å². The number of amidine groups is 1. The van der Waals surface area contributed by atoms with E-state index in [2.05, 4.69) is 11.0 Å². The molecule has 1 amide bonds. The number of aliphatic imine (C=N–C) groups is 1. The van der Waals surface area contributed by atoms with Gasteiger partial charge in [-0.15, -0.1) is 0 Å². The second-order valence-electron chi connectivity index (χ2n) is 2.94. The fourth-order valence-corrected chi connectivity index (χ4v) is 1.51. The van der Waals surface area contributed by atoms with Crippen LogP contribution in [-0.4, -0.2) is 33.8 Å². The molecule has 1 aliphatic rings. The molecule has 0 aromatic rings. The van der Waals surface area contributed by atoms with Gasteiger partial charge in [-0.2, -0.15) is 4.99 Å². The molecule has 0 aromatic heterocycles. The number of hydrogen-bond acceptors (Lipinski definition) is 3. The lowest BCUT2D eigenvalue weighted by molar-refractivity contribution is -0.145. The fraction of sp³-hybridized carbons (Fsp3) is 0.444. The van der Waals surface area contributed by atoms with Crippen LogP contribution in [0.1, 0.15) is 19.8 Å². The second-order valence-corrected chi connectivity index (χ2v) is 2.94. The quantitative estimate of drug-likeness (QED) is 0.600. The van der Waals surface area contributed by atoms with Gasteiger partial charge in [-0.25, -0.2) is 4.79 Å². The molecule has 5 heteroatoms. The monoisotopic (exact) mass is 194 g/mol. The molecule has 0 saturated carbocycles. The van der Waals surface area contributed by atoms with Gasteiger partial charge in [0.1, 0.15) is 11.9 Å². The van der Waals surface area contributed by atoms with Gasteiger partial charge in [-0.3, -0.25) is 9.69 Å². The van der Waals surface area contributed by atoms with Crippen LogP contribution in [0.25, 0.3) is 0 Å². The third-order valence-corrected chi connectivity index (χ3v) is 2.05. The molecule has 14 heavy (non-hydrogen) atoms. The molecule has 1 N–H and O–H groups in total. The van der Waals surface area contributed by atoms with Crippen molar-refractivity contribution in [2.24, 2.45) is 4.99 Å². The van der Waals surface area contributed by atoms with E-state index in [4.69, 9.17) is 11.5 Å². The maximum Gasteiger partial charge on any atom is 0.326 e. The van der Waals surface area contributed by atoms with Gasteiger partial charge in [0.05, 0.1) is 0 Å². The van der Waals surface area contributed by atoms with Gasteiger partial charge in [-0.1, -0.05) is 6.42 Å². The number of amides is 1. The van der Waals surface area contributed by atoms with E-state index in [1.807, 2.05) is 0 Å². The standard InChI is InChI=1S/C9H10N2O3/c1-3-10-8-5-4-7(9(13)14)11(8)6(2)12/h1,7H,4-5H2,2H3,(H,13,14)/b10-8-/t7-/m0/s1. The smallest absolute Gasteiger partial charge is 0.326 e. The summed E-state index contributed by atoms with van der Waals surface area (Å²) < 4.78 is 0. The number of carboxylic acids is 1. The van der Waals surface area contributed by atoms with Crippen LogP contribution in [0.4, 0.5) is 0 Å². The Bertz CT molecular complexity index is 340. The van der Waals surface area contributed by atoms with Crippen molar-refractivity contribution >= 4 is 17.7 Å². The van der Waals surface area contributed by atoms with Gasteiger partial charge < -0.3 is 5.11 Å². The van der Waals surface area contributed by atoms with Gasteiger partial charge in [0.2, 0.25) is 5.91 Å². The first-order valence-electron chi connectivity index (χ1n) is 4.12. The van der Waals surface area contributed by atoms with Crippen molar-refractivity contribution in [3.8, 4) is 12.5 Å². The number of likely N-dealkylation sites (tertiary alicyclic amines) is 1. The van der Waals surface area contributed by atoms with Crippen LogP contribution in [0.2, 0.25) is 0 Å². The number of carbonyl (C=O) groups is 2. The molecule has 1 atom stereocenters. The molecule has 1 saturated heterocycles. The number of aliphatic carboxylic acids is 1. The van der Waals surface area contributed by atoms with Crippen LogP contribution in [0.5, 0.6) is 0 Å². The van der Waals surface area contributed by atoms with E-state index in [9.17, 15) is 9.59 Å². The summed E-state index contributed by atoms with van der Waals surface area (Å²) in [6.45, 7) is 1.30. The van der Waals surface area contributed by atoms with Crippen molar-refractivity contribution in [2.45, 2.75) is 25.8 Å². The molecule has 74 valence electrons.